The van der Waals surface area contributed by atoms with Crippen molar-refractivity contribution in [3.63, 3.8) is 0 Å². The first-order valence-corrected chi connectivity index (χ1v) is 9.04. The van der Waals surface area contributed by atoms with Crippen molar-refractivity contribution in [3.8, 4) is 0 Å². The Morgan fingerprint density at radius 3 is 2.00 bits per heavy atom. The molecule has 0 saturated carbocycles. The quantitative estimate of drug-likeness (QED) is 0.282. The minimum absolute atomic E-state index is 0. The van der Waals surface area contributed by atoms with E-state index in [1.165, 1.54) is 0 Å². The van der Waals surface area contributed by atoms with Crippen molar-refractivity contribution in [2.24, 2.45) is 11.5 Å². The molecule has 0 spiro atoms. The highest BCUT2D eigenvalue weighted by atomic mass is 35.5. The number of halogens is 3. The molecule has 0 fully saturated rings. The second-order valence-electron chi connectivity index (χ2n) is 6.62. The van der Waals surface area contributed by atoms with Gasteiger partial charge in [0.25, 0.3) is 0 Å². The van der Waals surface area contributed by atoms with Gasteiger partial charge in [-0.2, -0.15) is 0 Å². The van der Waals surface area contributed by atoms with Gasteiger partial charge >= 0.3 is 5.97 Å². The predicted octanol–water partition coefficient (Wildman–Crippen LogP) is 2.18. The lowest BCUT2D eigenvalue weighted by atomic mass is 10.1. The number of amides is 1. The number of rotatable bonds is 15. The molecule has 27 heavy (non-hydrogen) atoms. The Labute approximate surface area is 182 Å². The first-order valence-electron chi connectivity index (χ1n) is 9.04. The highest BCUT2D eigenvalue weighted by molar-refractivity contribution is 5.86. The molecule has 10 heteroatoms. The van der Waals surface area contributed by atoms with E-state index in [0.29, 0.717) is 19.5 Å². The molecular weight excluding hydrogens is 415 g/mol. The summed E-state index contributed by atoms with van der Waals surface area (Å²) in [5, 5.41) is 12.0. The van der Waals surface area contributed by atoms with Crippen molar-refractivity contribution in [1.82, 2.24) is 10.2 Å². The lowest BCUT2D eigenvalue weighted by molar-refractivity contribution is -0.137. The van der Waals surface area contributed by atoms with Crippen molar-refractivity contribution in [3.05, 3.63) is 0 Å². The van der Waals surface area contributed by atoms with Gasteiger partial charge in [-0.3, -0.25) is 9.59 Å². The molecule has 0 aromatic rings. The molecular formula is C17H39Cl3N4O3. The van der Waals surface area contributed by atoms with Crippen LogP contribution in [-0.2, 0) is 9.59 Å². The number of hydrogen-bond donors (Lipinski definition) is 4. The maximum atomic E-state index is 12.2. The molecule has 0 aliphatic heterocycles. The van der Waals surface area contributed by atoms with Gasteiger partial charge in [-0.15, -0.1) is 37.2 Å². The van der Waals surface area contributed by atoms with E-state index in [0.717, 1.165) is 38.8 Å². The minimum Gasteiger partial charge on any atom is -0.481 e. The number of hydrogen-bond acceptors (Lipinski definition) is 5. The Kier molecular flexibility index (Phi) is 27.9. The zero-order valence-corrected chi connectivity index (χ0v) is 19.0. The van der Waals surface area contributed by atoms with Gasteiger partial charge in [0, 0.05) is 38.0 Å². The third-order valence-electron chi connectivity index (χ3n) is 3.80. The summed E-state index contributed by atoms with van der Waals surface area (Å²) in [4.78, 5) is 24.6. The molecule has 0 radical (unpaired) electrons. The molecule has 2 unspecified atom stereocenters. The first-order chi connectivity index (χ1) is 11.3. The Balaban J connectivity index is -0.000000882. The van der Waals surface area contributed by atoms with E-state index in [1.807, 2.05) is 18.7 Å². The normalized spacial score (nSPS) is 12.0. The third-order valence-corrected chi connectivity index (χ3v) is 3.80. The molecule has 0 bridgehead atoms. The smallest absolute Gasteiger partial charge is 0.303 e. The van der Waals surface area contributed by atoms with Gasteiger partial charge < -0.3 is 26.8 Å². The van der Waals surface area contributed by atoms with Gasteiger partial charge in [0.1, 0.15) is 0 Å². The topological polar surface area (TPSA) is 122 Å². The first kappa shape index (κ1) is 34.2. The number of carbonyl (C=O) groups excluding carboxylic acids is 1. The van der Waals surface area contributed by atoms with Crippen molar-refractivity contribution in [2.75, 3.05) is 26.2 Å². The average molecular weight is 454 g/mol. The van der Waals surface area contributed by atoms with Crippen LogP contribution < -0.4 is 16.8 Å². The molecule has 0 aliphatic carbocycles. The molecule has 7 nitrogen and oxygen atoms in total. The average Bonchev–Trinajstić information content (AvgIpc) is 2.48. The second-order valence-corrected chi connectivity index (χ2v) is 6.62. The fraction of sp³-hybridized carbons (Fsp3) is 0.882. The van der Waals surface area contributed by atoms with Gasteiger partial charge in [0.2, 0.25) is 5.91 Å². The largest absolute Gasteiger partial charge is 0.481 e. The highest BCUT2D eigenvalue weighted by Crippen LogP contribution is 2.05. The Hall–Kier alpha value is -0.310. The fourth-order valence-corrected chi connectivity index (χ4v) is 2.28. The van der Waals surface area contributed by atoms with Crippen LogP contribution in [0.5, 0.6) is 0 Å². The highest BCUT2D eigenvalue weighted by Gasteiger charge is 2.14. The molecule has 0 saturated heterocycles. The van der Waals surface area contributed by atoms with Crippen LogP contribution >= 0.6 is 37.2 Å². The molecule has 0 aromatic carbocycles. The molecule has 1 amide bonds. The minimum atomic E-state index is -0.859. The number of carboxylic acid groups (broad SMARTS) is 1. The number of unbranched alkanes of at least 4 members (excludes halogenated alkanes) is 1. The standard InChI is InChI=1S/C17H36N4O3.3ClH/c1-14(18)8-11-20-10-3-4-12-21(13-9-15(2)19)16(22)6-5-7-17(23)24;;;/h14-15,20H,3-13,18-19H2,1-2H3,(H,23,24);3*1H. The Morgan fingerprint density at radius 1 is 0.889 bits per heavy atom. The van der Waals surface area contributed by atoms with E-state index < -0.39 is 5.97 Å². The number of nitrogens with zero attached hydrogens (tertiary/aromatic N) is 1. The number of nitrogens with two attached hydrogens (primary N) is 2. The van der Waals surface area contributed by atoms with Crippen LogP contribution in [0.3, 0.4) is 0 Å². The zero-order valence-electron chi connectivity index (χ0n) is 16.5. The Morgan fingerprint density at radius 2 is 1.48 bits per heavy atom. The number of carbonyl (C=O) groups is 2. The van der Waals surface area contributed by atoms with Crippen LogP contribution in [0, 0.1) is 0 Å². The lowest BCUT2D eigenvalue weighted by Crippen LogP contribution is -2.35. The zero-order chi connectivity index (χ0) is 18.4. The number of nitrogens with one attached hydrogen (secondary N) is 1. The summed E-state index contributed by atoms with van der Waals surface area (Å²) >= 11 is 0. The van der Waals surface area contributed by atoms with Crippen molar-refractivity contribution in [2.45, 2.75) is 70.9 Å². The molecule has 2 atom stereocenters. The summed E-state index contributed by atoms with van der Waals surface area (Å²) < 4.78 is 0. The van der Waals surface area contributed by atoms with Crippen LogP contribution in [0.25, 0.3) is 0 Å². The third kappa shape index (κ3) is 23.7. The number of carboxylic acids is 1. The molecule has 0 aliphatic rings. The molecule has 6 N–H and O–H groups in total. The summed E-state index contributed by atoms with van der Waals surface area (Å²) in [7, 11) is 0. The van der Waals surface area contributed by atoms with Crippen LogP contribution in [0.15, 0.2) is 0 Å². The van der Waals surface area contributed by atoms with Crippen LogP contribution in [0.1, 0.15) is 58.8 Å². The van der Waals surface area contributed by atoms with E-state index in [-0.39, 0.29) is 68.1 Å². The fourth-order valence-electron chi connectivity index (χ4n) is 2.28. The van der Waals surface area contributed by atoms with Crippen LogP contribution in [0.2, 0.25) is 0 Å². The summed E-state index contributed by atoms with van der Waals surface area (Å²) in [6.07, 6.45) is 4.36. The van der Waals surface area contributed by atoms with E-state index in [1.54, 1.807) is 0 Å². The number of aliphatic carboxylic acids is 1. The maximum Gasteiger partial charge on any atom is 0.303 e. The van der Waals surface area contributed by atoms with E-state index in [9.17, 15) is 9.59 Å². The van der Waals surface area contributed by atoms with Gasteiger partial charge in [-0.05, 0) is 59.0 Å². The lowest BCUT2D eigenvalue weighted by Gasteiger charge is -2.23. The van der Waals surface area contributed by atoms with Crippen LogP contribution in [-0.4, -0.2) is 60.1 Å². The summed E-state index contributed by atoms with van der Waals surface area (Å²) in [6, 6.07) is 0.272. The summed E-state index contributed by atoms with van der Waals surface area (Å²) in [5.74, 6) is -0.829. The van der Waals surface area contributed by atoms with E-state index in [2.05, 4.69) is 5.32 Å². The van der Waals surface area contributed by atoms with Gasteiger partial charge in [-0.1, -0.05) is 0 Å². The monoisotopic (exact) mass is 452 g/mol. The second kappa shape index (κ2) is 22.0. The summed E-state index contributed by atoms with van der Waals surface area (Å²) in [6.45, 7) is 7.10. The molecule has 0 heterocycles. The molecule has 0 rings (SSSR count). The van der Waals surface area contributed by atoms with Crippen molar-refractivity contribution < 1.29 is 14.7 Å². The Bertz CT molecular complexity index is 362. The SMILES string of the molecule is CC(N)CCNCCCCN(CCC(C)N)C(=O)CCCC(=O)O.Cl.Cl.Cl. The molecule has 166 valence electrons. The molecule has 0 aromatic heterocycles. The van der Waals surface area contributed by atoms with Gasteiger partial charge in [-0.25, -0.2) is 0 Å². The maximum absolute atomic E-state index is 12.2. The van der Waals surface area contributed by atoms with Gasteiger partial charge in [0.05, 0.1) is 0 Å². The predicted molar refractivity (Wildman–Crippen MR) is 118 cm³/mol. The van der Waals surface area contributed by atoms with Gasteiger partial charge in [0.15, 0.2) is 0 Å². The summed E-state index contributed by atoms with van der Waals surface area (Å²) in [5.41, 5.74) is 11.5. The van der Waals surface area contributed by atoms with Crippen molar-refractivity contribution in [1.29, 1.82) is 0 Å². The van der Waals surface area contributed by atoms with E-state index >= 15 is 0 Å². The van der Waals surface area contributed by atoms with E-state index in [4.69, 9.17) is 16.6 Å². The van der Waals surface area contributed by atoms with Crippen molar-refractivity contribution >= 4 is 49.1 Å². The van der Waals surface area contributed by atoms with Crippen LogP contribution in [0.4, 0.5) is 0 Å².